The van der Waals surface area contributed by atoms with Gasteiger partial charge >= 0.3 is 6.09 Å². The van der Waals surface area contributed by atoms with E-state index in [0.29, 0.717) is 42.5 Å². The summed E-state index contributed by atoms with van der Waals surface area (Å²) in [5.74, 6) is 1.24. The molecule has 1 amide bonds. The second-order valence-corrected chi connectivity index (χ2v) is 9.61. The third-order valence-corrected chi connectivity index (χ3v) is 5.52. The highest BCUT2D eigenvalue weighted by molar-refractivity contribution is 5.84. The topological polar surface area (TPSA) is 106 Å². The highest BCUT2D eigenvalue weighted by Crippen LogP contribution is 2.28. The number of nitriles is 1. The minimum atomic E-state index is -0.557. The van der Waals surface area contributed by atoms with Crippen molar-refractivity contribution >= 4 is 11.8 Å². The van der Waals surface area contributed by atoms with Crippen molar-refractivity contribution in [2.24, 2.45) is 0 Å². The number of hydrogen-bond acceptors (Lipinski definition) is 7. The minimum absolute atomic E-state index is 0.0630. The quantitative estimate of drug-likeness (QED) is 0.489. The normalized spacial score (nSPS) is 14.1. The first kappa shape index (κ1) is 25.1. The summed E-state index contributed by atoms with van der Waals surface area (Å²) in [6.07, 6.45) is 3.45. The van der Waals surface area contributed by atoms with E-state index in [1.807, 2.05) is 63.2 Å². The number of rotatable bonds is 6. The second kappa shape index (κ2) is 11.2. The Balaban J connectivity index is 1.43. The van der Waals surface area contributed by atoms with Crippen molar-refractivity contribution in [1.82, 2.24) is 9.97 Å². The molecule has 36 heavy (non-hydrogen) atoms. The largest absolute Gasteiger partial charge is 0.489 e. The molecule has 0 bridgehead atoms. The van der Waals surface area contributed by atoms with Crippen molar-refractivity contribution in [3.05, 3.63) is 71.7 Å². The molecule has 1 aliphatic heterocycles. The van der Waals surface area contributed by atoms with Crippen LogP contribution in [0.15, 0.2) is 54.7 Å². The van der Waals surface area contributed by atoms with Gasteiger partial charge in [0, 0.05) is 36.7 Å². The predicted molar refractivity (Wildman–Crippen MR) is 136 cm³/mol. The Kier molecular flexibility index (Phi) is 7.81. The van der Waals surface area contributed by atoms with Gasteiger partial charge in [-0.25, -0.2) is 14.8 Å². The number of anilines is 1. The summed E-state index contributed by atoms with van der Waals surface area (Å²) in [5.41, 5.74) is 3.13. The van der Waals surface area contributed by atoms with Crippen LogP contribution in [0.4, 0.5) is 10.5 Å². The molecular formula is C28H30N4O4. The van der Waals surface area contributed by atoms with Crippen LogP contribution in [-0.2, 0) is 15.9 Å². The molecule has 186 valence electrons. The van der Waals surface area contributed by atoms with Gasteiger partial charge in [-0.15, -0.1) is 0 Å². The van der Waals surface area contributed by atoms with Crippen molar-refractivity contribution < 1.29 is 19.0 Å². The zero-order valence-electron chi connectivity index (χ0n) is 20.8. The average molecular weight is 487 g/mol. The first-order valence-electron chi connectivity index (χ1n) is 12.0. The van der Waals surface area contributed by atoms with E-state index < -0.39 is 11.7 Å². The molecule has 0 aliphatic carbocycles. The van der Waals surface area contributed by atoms with Gasteiger partial charge in [0.25, 0.3) is 0 Å². The Bertz CT molecular complexity index is 1240. The molecule has 1 aromatic heterocycles. The SMILES string of the molecule is CC(C)(C)OC(=O)Nc1ccc(Cc2nccc(-c3ccc(OC4CCOCC4)c(C#N)c3)n2)cc1. The number of aromatic nitrogens is 2. The first-order chi connectivity index (χ1) is 17.3. The molecule has 4 rings (SSSR count). The Labute approximate surface area is 211 Å². The Morgan fingerprint density at radius 3 is 2.58 bits per heavy atom. The molecule has 1 aliphatic rings. The number of ether oxygens (including phenoxy) is 3. The van der Waals surface area contributed by atoms with Crippen LogP contribution in [-0.4, -0.2) is 41.0 Å². The fraction of sp³-hybridized carbons (Fsp3) is 0.357. The summed E-state index contributed by atoms with van der Waals surface area (Å²) in [5, 5.41) is 12.4. The van der Waals surface area contributed by atoms with Gasteiger partial charge in [0.1, 0.15) is 29.3 Å². The minimum Gasteiger partial charge on any atom is -0.489 e. The summed E-state index contributed by atoms with van der Waals surface area (Å²) >= 11 is 0. The van der Waals surface area contributed by atoms with Gasteiger partial charge < -0.3 is 14.2 Å². The van der Waals surface area contributed by atoms with Crippen LogP contribution in [0.5, 0.6) is 5.75 Å². The van der Waals surface area contributed by atoms with E-state index in [9.17, 15) is 10.1 Å². The number of nitrogens with zero attached hydrogens (tertiary/aromatic N) is 3. The van der Waals surface area contributed by atoms with Gasteiger partial charge in [0.2, 0.25) is 0 Å². The van der Waals surface area contributed by atoms with Crippen molar-refractivity contribution in [2.75, 3.05) is 18.5 Å². The first-order valence-corrected chi connectivity index (χ1v) is 12.0. The van der Waals surface area contributed by atoms with Gasteiger partial charge in [-0.1, -0.05) is 12.1 Å². The molecule has 8 heteroatoms. The van der Waals surface area contributed by atoms with Gasteiger partial charge in [-0.05, 0) is 62.7 Å². The lowest BCUT2D eigenvalue weighted by Crippen LogP contribution is -2.27. The predicted octanol–water partition coefficient (Wildman–Crippen LogP) is 5.51. The van der Waals surface area contributed by atoms with Crippen LogP contribution in [0.2, 0.25) is 0 Å². The lowest BCUT2D eigenvalue weighted by atomic mass is 10.1. The number of benzene rings is 2. The molecule has 2 heterocycles. The van der Waals surface area contributed by atoms with E-state index in [0.717, 1.165) is 29.7 Å². The number of nitrogens with one attached hydrogen (secondary N) is 1. The third-order valence-electron chi connectivity index (χ3n) is 5.52. The zero-order valence-corrected chi connectivity index (χ0v) is 20.8. The highest BCUT2D eigenvalue weighted by Gasteiger charge is 2.18. The maximum atomic E-state index is 12.0. The van der Waals surface area contributed by atoms with Gasteiger partial charge in [-0.3, -0.25) is 5.32 Å². The number of carbonyl (C=O) groups excluding carboxylic acids is 1. The van der Waals surface area contributed by atoms with Crippen molar-refractivity contribution in [2.45, 2.75) is 51.7 Å². The fourth-order valence-electron chi connectivity index (χ4n) is 3.81. The van der Waals surface area contributed by atoms with Crippen LogP contribution >= 0.6 is 0 Å². The maximum absolute atomic E-state index is 12.0. The van der Waals surface area contributed by atoms with Gasteiger partial charge in [0.05, 0.1) is 24.5 Å². The van der Waals surface area contributed by atoms with Crippen molar-refractivity contribution in [1.29, 1.82) is 5.26 Å². The standard InChI is InChI=1S/C28H30N4O4/c1-28(2,3)36-27(33)31-22-7-4-19(5-8-22)16-26-30-13-10-24(32-26)20-6-9-25(21(17-20)18-29)35-23-11-14-34-15-12-23/h4-10,13,17,23H,11-12,14-16H2,1-3H3,(H,31,33). The van der Waals surface area contributed by atoms with Crippen molar-refractivity contribution in [3.8, 4) is 23.1 Å². The van der Waals surface area contributed by atoms with Crippen LogP contribution < -0.4 is 10.1 Å². The molecule has 0 saturated carbocycles. The van der Waals surface area contributed by atoms with E-state index in [-0.39, 0.29) is 6.10 Å². The third kappa shape index (κ3) is 7.03. The number of hydrogen-bond donors (Lipinski definition) is 1. The second-order valence-electron chi connectivity index (χ2n) is 9.61. The van der Waals surface area contributed by atoms with E-state index in [4.69, 9.17) is 19.2 Å². The zero-order chi connectivity index (χ0) is 25.5. The Morgan fingerprint density at radius 2 is 1.89 bits per heavy atom. The smallest absolute Gasteiger partial charge is 0.412 e. The van der Waals surface area contributed by atoms with Crippen molar-refractivity contribution in [3.63, 3.8) is 0 Å². The molecule has 8 nitrogen and oxygen atoms in total. The molecule has 1 N–H and O–H groups in total. The fourth-order valence-corrected chi connectivity index (χ4v) is 3.81. The van der Waals surface area contributed by atoms with Gasteiger partial charge in [-0.2, -0.15) is 5.26 Å². The van der Waals surface area contributed by atoms with E-state index >= 15 is 0 Å². The molecule has 0 spiro atoms. The van der Waals surface area contributed by atoms with Crippen LogP contribution in [0.1, 0.15) is 50.6 Å². The summed E-state index contributed by atoms with van der Waals surface area (Å²) in [6.45, 7) is 6.82. The summed E-state index contributed by atoms with van der Waals surface area (Å²) in [7, 11) is 0. The average Bonchev–Trinajstić information content (AvgIpc) is 2.85. The molecular weight excluding hydrogens is 456 g/mol. The lowest BCUT2D eigenvalue weighted by Gasteiger charge is -2.23. The molecule has 3 aromatic rings. The number of carbonyl (C=O) groups is 1. The Morgan fingerprint density at radius 1 is 1.14 bits per heavy atom. The van der Waals surface area contributed by atoms with Crippen LogP contribution in [0, 0.1) is 11.3 Å². The van der Waals surface area contributed by atoms with Crippen LogP contribution in [0.3, 0.4) is 0 Å². The summed E-state index contributed by atoms with van der Waals surface area (Å²) < 4.78 is 16.7. The van der Waals surface area contributed by atoms with Crippen LogP contribution in [0.25, 0.3) is 11.3 Å². The summed E-state index contributed by atoms with van der Waals surface area (Å²) in [4.78, 5) is 21.1. The van der Waals surface area contributed by atoms with Gasteiger partial charge in [0.15, 0.2) is 0 Å². The van der Waals surface area contributed by atoms with E-state index in [1.165, 1.54) is 0 Å². The molecule has 0 radical (unpaired) electrons. The molecule has 0 atom stereocenters. The van der Waals surface area contributed by atoms with E-state index in [2.05, 4.69) is 16.4 Å². The molecule has 1 saturated heterocycles. The Hall–Kier alpha value is -3.96. The monoisotopic (exact) mass is 486 g/mol. The molecule has 2 aromatic carbocycles. The molecule has 1 fully saturated rings. The molecule has 0 unspecified atom stereocenters. The highest BCUT2D eigenvalue weighted by atomic mass is 16.6. The summed E-state index contributed by atoms with van der Waals surface area (Å²) in [6, 6.07) is 17.1. The number of amides is 1. The maximum Gasteiger partial charge on any atom is 0.412 e. The lowest BCUT2D eigenvalue weighted by molar-refractivity contribution is 0.0254. The van der Waals surface area contributed by atoms with E-state index in [1.54, 1.807) is 12.3 Å².